The lowest BCUT2D eigenvalue weighted by Gasteiger charge is -2.33. The average molecular weight is 468 g/mol. The second kappa shape index (κ2) is 12.4. The Morgan fingerprint density at radius 2 is 1.74 bits per heavy atom. The number of hydrogen-bond acceptors (Lipinski definition) is 5. The van der Waals surface area contributed by atoms with E-state index in [1.54, 1.807) is 31.4 Å². The van der Waals surface area contributed by atoms with Crippen molar-refractivity contribution in [3.63, 3.8) is 0 Å². The fourth-order valence-electron chi connectivity index (χ4n) is 4.23. The first-order valence-corrected chi connectivity index (χ1v) is 12.1. The van der Waals surface area contributed by atoms with E-state index in [4.69, 9.17) is 9.47 Å². The van der Waals surface area contributed by atoms with Gasteiger partial charge in [0, 0.05) is 36.8 Å². The molecule has 0 radical (unpaired) electrons. The third-order valence-electron chi connectivity index (χ3n) is 6.18. The molecule has 0 spiro atoms. The molecule has 3 rings (SSSR count). The first-order valence-electron chi connectivity index (χ1n) is 12.1. The number of nitrogens with zero attached hydrogens (tertiary/aromatic N) is 1. The summed E-state index contributed by atoms with van der Waals surface area (Å²) in [6.45, 7) is 8.99. The van der Waals surface area contributed by atoms with E-state index < -0.39 is 6.04 Å². The quantitative estimate of drug-likeness (QED) is 0.558. The van der Waals surface area contributed by atoms with Gasteiger partial charge in [0.15, 0.2) is 0 Å². The number of para-hydroxylation sites is 1. The first-order chi connectivity index (χ1) is 16.4. The molecule has 0 aromatic heterocycles. The standard InChI is InChI=1S/C27H37N3O4/c1-5-34-23-12-10-20(11-13-23)26(31)29-25(19(2)3)27(32)28-22-14-16-30(17-15-22)18-21-8-6-7-9-24(21)33-4/h6-13,19,22,25H,5,14-18H2,1-4H3,(H,28,32)(H,29,31). The molecule has 34 heavy (non-hydrogen) atoms. The zero-order chi connectivity index (χ0) is 24.5. The molecule has 7 nitrogen and oxygen atoms in total. The van der Waals surface area contributed by atoms with Crippen LogP contribution in [0.15, 0.2) is 48.5 Å². The molecule has 1 heterocycles. The van der Waals surface area contributed by atoms with Crippen LogP contribution in [0.4, 0.5) is 0 Å². The van der Waals surface area contributed by atoms with Crippen molar-refractivity contribution in [2.75, 3.05) is 26.8 Å². The summed E-state index contributed by atoms with van der Waals surface area (Å²) in [6, 6.07) is 14.5. The van der Waals surface area contributed by atoms with Gasteiger partial charge in [-0.3, -0.25) is 14.5 Å². The van der Waals surface area contributed by atoms with Gasteiger partial charge in [0.05, 0.1) is 13.7 Å². The summed E-state index contributed by atoms with van der Waals surface area (Å²) in [5.74, 6) is 1.20. The number of hydrogen-bond donors (Lipinski definition) is 2. The zero-order valence-corrected chi connectivity index (χ0v) is 20.7. The van der Waals surface area contributed by atoms with E-state index in [1.165, 1.54) is 5.56 Å². The molecule has 0 bridgehead atoms. The van der Waals surface area contributed by atoms with Crippen LogP contribution in [-0.4, -0.2) is 55.6 Å². The van der Waals surface area contributed by atoms with Crippen molar-refractivity contribution < 1.29 is 19.1 Å². The molecular formula is C27H37N3O4. The number of amides is 2. The van der Waals surface area contributed by atoms with Crippen LogP contribution in [0.5, 0.6) is 11.5 Å². The Balaban J connectivity index is 1.51. The highest BCUT2D eigenvalue weighted by Gasteiger charge is 2.28. The highest BCUT2D eigenvalue weighted by Crippen LogP contribution is 2.21. The van der Waals surface area contributed by atoms with Crippen LogP contribution in [0.3, 0.4) is 0 Å². The zero-order valence-electron chi connectivity index (χ0n) is 20.7. The number of nitrogens with one attached hydrogen (secondary N) is 2. The average Bonchev–Trinajstić information content (AvgIpc) is 2.84. The van der Waals surface area contributed by atoms with Crippen molar-refractivity contribution >= 4 is 11.8 Å². The molecule has 1 aliphatic rings. The van der Waals surface area contributed by atoms with Crippen LogP contribution >= 0.6 is 0 Å². The predicted octanol–water partition coefficient (Wildman–Crippen LogP) is 3.63. The van der Waals surface area contributed by atoms with Gasteiger partial charge in [-0.2, -0.15) is 0 Å². The Bertz CT molecular complexity index is 937. The molecule has 2 aromatic rings. The van der Waals surface area contributed by atoms with Gasteiger partial charge in [-0.25, -0.2) is 0 Å². The maximum absolute atomic E-state index is 13.0. The summed E-state index contributed by atoms with van der Waals surface area (Å²) in [5.41, 5.74) is 1.68. The number of ether oxygens (including phenoxy) is 2. The summed E-state index contributed by atoms with van der Waals surface area (Å²) >= 11 is 0. The minimum atomic E-state index is -0.592. The number of rotatable bonds is 10. The van der Waals surface area contributed by atoms with E-state index in [1.807, 2.05) is 39.0 Å². The molecule has 7 heteroatoms. The van der Waals surface area contributed by atoms with Gasteiger partial charge < -0.3 is 20.1 Å². The lowest BCUT2D eigenvalue weighted by atomic mass is 9.99. The molecule has 0 saturated carbocycles. The lowest BCUT2D eigenvalue weighted by molar-refractivity contribution is -0.125. The molecule has 0 aliphatic carbocycles. The van der Waals surface area contributed by atoms with E-state index in [-0.39, 0.29) is 23.8 Å². The summed E-state index contributed by atoms with van der Waals surface area (Å²) in [7, 11) is 1.69. The minimum absolute atomic E-state index is 0.0303. The van der Waals surface area contributed by atoms with Crippen molar-refractivity contribution in [2.24, 2.45) is 5.92 Å². The van der Waals surface area contributed by atoms with Gasteiger partial charge in [-0.05, 0) is 56.0 Å². The van der Waals surface area contributed by atoms with Crippen molar-refractivity contribution in [3.8, 4) is 11.5 Å². The topological polar surface area (TPSA) is 79.9 Å². The van der Waals surface area contributed by atoms with Crippen LogP contribution in [0.2, 0.25) is 0 Å². The van der Waals surface area contributed by atoms with Crippen LogP contribution in [-0.2, 0) is 11.3 Å². The van der Waals surface area contributed by atoms with E-state index in [0.29, 0.717) is 17.9 Å². The molecular weight excluding hydrogens is 430 g/mol. The fourth-order valence-corrected chi connectivity index (χ4v) is 4.23. The fraction of sp³-hybridized carbons (Fsp3) is 0.481. The van der Waals surface area contributed by atoms with Crippen molar-refractivity contribution in [3.05, 3.63) is 59.7 Å². The first kappa shape index (κ1) is 25.6. The largest absolute Gasteiger partial charge is 0.496 e. The summed E-state index contributed by atoms with van der Waals surface area (Å²) in [4.78, 5) is 28.2. The van der Waals surface area contributed by atoms with Gasteiger partial charge in [0.2, 0.25) is 5.91 Å². The van der Waals surface area contributed by atoms with Crippen LogP contribution in [0.1, 0.15) is 49.5 Å². The molecule has 1 fully saturated rings. The summed E-state index contributed by atoms with van der Waals surface area (Å²) in [5, 5.41) is 6.08. The van der Waals surface area contributed by atoms with Crippen molar-refractivity contribution in [1.82, 2.24) is 15.5 Å². The lowest BCUT2D eigenvalue weighted by Crippen LogP contribution is -2.53. The number of benzene rings is 2. The minimum Gasteiger partial charge on any atom is -0.496 e. The maximum atomic E-state index is 13.0. The van der Waals surface area contributed by atoms with Gasteiger partial charge in [-0.1, -0.05) is 32.0 Å². The maximum Gasteiger partial charge on any atom is 0.251 e. The highest BCUT2D eigenvalue weighted by molar-refractivity contribution is 5.97. The van der Waals surface area contributed by atoms with Crippen LogP contribution < -0.4 is 20.1 Å². The highest BCUT2D eigenvalue weighted by atomic mass is 16.5. The van der Waals surface area contributed by atoms with Crippen molar-refractivity contribution in [2.45, 2.75) is 52.2 Å². The number of carbonyl (C=O) groups excluding carboxylic acids is 2. The molecule has 1 aliphatic heterocycles. The normalized spacial score (nSPS) is 15.6. The Morgan fingerprint density at radius 3 is 2.35 bits per heavy atom. The van der Waals surface area contributed by atoms with Gasteiger partial charge in [0.25, 0.3) is 5.91 Å². The Hall–Kier alpha value is -3.06. The number of likely N-dealkylation sites (tertiary alicyclic amines) is 1. The molecule has 1 saturated heterocycles. The number of carbonyl (C=O) groups is 2. The third kappa shape index (κ3) is 6.97. The van der Waals surface area contributed by atoms with Gasteiger partial charge in [-0.15, -0.1) is 0 Å². The summed E-state index contributed by atoms with van der Waals surface area (Å²) < 4.78 is 10.9. The SMILES string of the molecule is CCOc1ccc(C(=O)NC(C(=O)NC2CCN(Cc3ccccc3OC)CC2)C(C)C)cc1. The van der Waals surface area contributed by atoms with Gasteiger partial charge in [0.1, 0.15) is 17.5 Å². The number of methoxy groups -OCH3 is 1. The molecule has 2 aromatic carbocycles. The smallest absolute Gasteiger partial charge is 0.251 e. The Labute approximate surface area is 202 Å². The number of piperidine rings is 1. The molecule has 1 unspecified atom stereocenters. The van der Waals surface area contributed by atoms with Crippen LogP contribution in [0.25, 0.3) is 0 Å². The Kier molecular flexibility index (Phi) is 9.33. The van der Waals surface area contributed by atoms with E-state index in [2.05, 4.69) is 21.6 Å². The predicted molar refractivity (Wildman–Crippen MR) is 133 cm³/mol. The molecule has 2 N–H and O–H groups in total. The molecule has 2 amide bonds. The molecule has 184 valence electrons. The van der Waals surface area contributed by atoms with Gasteiger partial charge >= 0.3 is 0 Å². The third-order valence-corrected chi connectivity index (χ3v) is 6.18. The monoisotopic (exact) mass is 467 g/mol. The van der Waals surface area contributed by atoms with E-state index >= 15 is 0 Å². The van der Waals surface area contributed by atoms with E-state index in [9.17, 15) is 9.59 Å². The summed E-state index contributed by atoms with van der Waals surface area (Å²) in [6.07, 6.45) is 1.75. The molecule has 1 atom stereocenters. The van der Waals surface area contributed by atoms with Crippen molar-refractivity contribution in [1.29, 1.82) is 0 Å². The second-order valence-corrected chi connectivity index (χ2v) is 9.02. The Morgan fingerprint density at radius 1 is 1.06 bits per heavy atom. The van der Waals surface area contributed by atoms with E-state index in [0.717, 1.165) is 38.2 Å². The second-order valence-electron chi connectivity index (χ2n) is 9.02. The van der Waals surface area contributed by atoms with Crippen LogP contribution in [0, 0.1) is 5.92 Å².